The van der Waals surface area contributed by atoms with Gasteiger partial charge in [-0.2, -0.15) is 0 Å². The summed E-state index contributed by atoms with van der Waals surface area (Å²) in [4.78, 5) is 28.8. The van der Waals surface area contributed by atoms with Gasteiger partial charge in [-0.15, -0.1) is 0 Å². The molecule has 2 aromatic rings. The summed E-state index contributed by atoms with van der Waals surface area (Å²) in [6.07, 6.45) is 1.64. The van der Waals surface area contributed by atoms with Gasteiger partial charge in [-0.05, 0) is 18.6 Å². The van der Waals surface area contributed by atoms with Crippen molar-refractivity contribution < 1.29 is 23.1 Å². The van der Waals surface area contributed by atoms with E-state index in [1.54, 1.807) is 12.3 Å². The highest BCUT2D eigenvalue weighted by Gasteiger charge is 2.39. The van der Waals surface area contributed by atoms with Crippen molar-refractivity contribution in [1.82, 2.24) is 10.3 Å². The van der Waals surface area contributed by atoms with Gasteiger partial charge < -0.3 is 10.1 Å². The Morgan fingerprint density at radius 2 is 2.00 bits per heavy atom. The van der Waals surface area contributed by atoms with Crippen molar-refractivity contribution in [3.05, 3.63) is 58.9 Å². The Labute approximate surface area is 155 Å². The fourth-order valence-electron chi connectivity index (χ4n) is 3.36. The van der Waals surface area contributed by atoms with Crippen LogP contribution in [0.3, 0.4) is 0 Å². The van der Waals surface area contributed by atoms with Gasteiger partial charge in [0.1, 0.15) is 23.2 Å². The molecule has 0 saturated carbocycles. The first-order chi connectivity index (χ1) is 12.9. The number of ether oxygens (including phenoxy) is 1. The fraction of sp³-hybridized carbons (Fsp3) is 0.350. The molecule has 1 amide bonds. The summed E-state index contributed by atoms with van der Waals surface area (Å²) in [6.45, 7) is 1.98. The van der Waals surface area contributed by atoms with E-state index in [4.69, 9.17) is 4.74 Å². The van der Waals surface area contributed by atoms with E-state index in [0.29, 0.717) is 5.69 Å². The van der Waals surface area contributed by atoms with Crippen LogP contribution in [0.1, 0.15) is 29.2 Å². The maximum absolute atomic E-state index is 14.4. The number of halogens is 2. The molecule has 3 rings (SSSR count). The van der Waals surface area contributed by atoms with Crippen LogP contribution < -0.4 is 10.1 Å². The molecule has 1 saturated heterocycles. The lowest BCUT2D eigenvalue weighted by molar-refractivity contribution is -0.127. The molecule has 2 atom stereocenters. The third kappa shape index (κ3) is 4.13. The Bertz CT molecular complexity index is 845. The molecule has 1 aromatic carbocycles. The van der Waals surface area contributed by atoms with Gasteiger partial charge in [-0.25, -0.2) is 8.78 Å². The number of methoxy groups -OCH3 is 1. The van der Waals surface area contributed by atoms with Crippen LogP contribution in [0, 0.1) is 24.5 Å². The Kier molecular flexibility index (Phi) is 5.48. The van der Waals surface area contributed by atoms with Crippen molar-refractivity contribution >= 4 is 11.7 Å². The van der Waals surface area contributed by atoms with Crippen LogP contribution in [-0.4, -0.2) is 30.3 Å². The summed E-state index contributed by atoms with van der Waals surface area (Å²) in [5.74, 6) is -3.66. The third-order valence-corrected chi connectivity index (χ3v) is 4.78. The molecule has 0 unspecified atom stereocenters. The number of rotatable bonds is 6. The van der Waals surface area contributed by atoms with Gasteiger partial charge in [-0.3, -0.25) is 14.6 Å². The number of nitrogens with zero attached hydrogens (tertiary/aromatic N) is 1. The molecular weight excluding hydrogens is 354 g/mol. The standard InChI is InChI=1S/C20H20F2N2O3/c1-11-3-4-12(23-9-11)5-13(25)6-15-16(10-24-20(15)26)19-17(21)7-14(27-2)8-18(19)22/h3-4,7-9,15-16H,5-6,10H2,1-2H3,(H,24,26)/t15-,16+/m0/s1. The van der Waals surface area contributed by atoms with Crippen LogP contribution in [0.4, 0.5) is 8.78 Å². The maximum atomic E-state index is 14.4. The van der Waals surface area contributed by atoms with Gasteiger partial charge >= 0.3 is 0 Å². The number of benzene rings is 1. The molecule has 1 aromatic heterocycles. The number of amides is 1. The van der Waals surface area contributed by atoms with Gasteiger partial charge in [0.05, 0.1) is 13.0 Å². The number of aryl methyl sites for hydroxylation is 1. The number of Topliss-reactive ketones (excluding diaryl/α,β-unsaturated/α-hetero) is 1. The lowest BCUT2D eigenvalue weighted by Gasteiger charge is -2.18. The molecule has 142 valence electrons. The van der Waals surface area contributed by atoms with Crippen molar-refractivity contribution in [2.45, 2.75) is 25.7 Å². The lowest BCUT2D eigenvalue weighted by Crippen LogP contribution is -2.23. The Morgan fingerprint density at radius 1 is 1.30 bits per heavy atom. The van der Waals surface area contributed by atoms with E-state index in [-0.39, 0.29) is 42.4 Å². The van der Waals surface area contributed by atoms with Crippen LogP contribution in [0.2, 0.25) is 0 Å². The van der Waals surface area contributed by atoms with Crippen molar-refractivity contribution in [2.24, 2.45) is 5.92 Å². The van der Waals surface area contributed by atoms with Crippen LogP contribution >= 0.6 is 0 Å². The topological polar surface area (TPSA) is 68.3 Å². The van der Waals surface area contributed by atoms with Gasteiger partial charge in [-0.1, -0.05) is 6.07 Å². The molecule has 0 aliphatic carbocycles. The van der Waals surface area contributed by atoms with Crippen molar-refractivity contribution in [3.8, 4) is 5.75 Å². The van der Waals surface area contributed by atoms with Gasteiger partial charge in [0, 0.05) is 54.9 Å². The number of hydrogen-bond donors (Lipinski definition) is 1. The molecule has 0 spiro atoms. The fourth-order valence-corrected chi connectivity index (χ4v) is 3.36. The third-order valence-electron chi connectivity index (χ3n) is 4.78. The highest BCUT2D eigenvalue weighted by atomic mass is 19.1. The molecule has 0 radical (unpaired) electrons. The number of ketones is 1. The minimum absolute atomic E-state index is 0.0594. The second kappa shape index (κ2) is 7.82. The van der Waals surface area contributed by atoms with E-state index in [1.807, 2.05) is 13.0 Å². The van der Waals surface area contributed by atoms with E-state index in [9.17, 15) is 18.4 Å². The zero-order valence-corrected chi connectivity index (χ0v) is 15.1. The van der Waals surface area contributed by atoms with E-state index in [1.165, 1.54) is 7.11 Å². The highest BCUT2D eigenvalue weighted by Crippen LogP contribution is 2.36. The van der Waals surface area contributed by atoms with Crippen LogP contribution in [0.15, 0.2) is 30.5 Å². The molecule has 2 heterocycles. The Hall–Kier alpha value is -2.83. The minimum Gasteiger partial charge on any atom is -0.497 e. The quantitative estimate of drug-likeness (QED) is 0.844. The predicted octanol–water partition coefficient (Wildman–Crippen LogP) is 2.71. The monoisotopic (exact) mass is 374 g/mol. The van der Waals surface area contributed by atoms with Gasteiger partial charge in [0.15, 0.2) is 0 Å². The molecule has 0 bridgehead atoms. The normalized spacial score (nSPS) is 19.0. The first-order valence-corrected chi connectivity index (χ1v) is 8.63. The second-order valence-electron chi connectivity index (χ2n) is 6.71. The van der Waals surface area contributed by atoms with E-state index in [2.05, 4.69) is 10.3 Å². The van der Waals surface area contributed by atoms with Gasteiger partial charge in [0.2, 0.25) is 5.91 Å². The van der Waals surface area contributed by atoms with Crippen molar-refractivity contribution in [3.63, 3.8) is 0 Å². The summed E-state index contributed by atoms with van der Waals surface area (Å²) in [7, 11) is 1.31. The summed E-state index contributed by atoms with van der Waals surface area (Å²) >= 11 is 0. The van der Waals surface area contributed by atoms with E-state index in [0.717, 1.165) is 17.7 Å². The molecule has 1 aliphatic heterocycles. The zero-order chi connectivity index (χ0) is 19.6. The van der Waals surface area contributed by atoms with Crippen LogP contribution in [-0.2, 0) is 16.0 Å². The molecule has 7 heteroatoms. The number of nitrogens with one attached hydrogen (secondary N) is 1. The van der Waals surface area contributed by atoms with Crippen molar-refractivity contribution in [2.75, 3.05) is 13.7 Å². The van der Waals surface area contributed by atoms with E-state index >= 15 is 0 Å². The number of hydrogen-bond acceptors (Lipinski definition) is 4. The summed E-state index contributed by atoms with van der Waals surface area (Å²) in [5.41, 5.74) is 1.38. The molecule has 1 fully saturated rings. The summed E-state index contributed by atoms with van der Waals surface area (Å²) in [6, 6.07) is 5.76. The SMILES string of the molecule is COc1cc(F)c([C@@H]2CNC(=O)[C@H]2CC(=O)Cc2ccc(C)cn2)c(F)c1. The first-order valence-electron chi connectivity index (χ1n) is 8.63. The van der Waals surface area contributed by atoms with Crippen LogP contribution in [0.5, 0.6) is 5.75 Å². The summed E-state index contributed by atoms with van der Waals surface area (Å²) < 4.78 is 33.7. The van der Waals surface area contributed by atoms with Gasteiger partial charge in [0.25, 0.3) is 0 Å². The summed E-state index contributed by atoms with van der Waals surface area (Å²) in [5, 5.41) is 2.61. The zero-order valence-electron chi connectivity index (χ0n) is 15.1. The van der Waals surface area contributed by atoms with Crippen molar-refractivity contribution in [1.29, 1.82) is 0 Å². The molecule has 1 N–H and O–H groups in total. The average Bonchev–Trinajstić information content (AvgIpc) is 2.97. The minimum atomic E-state index is -0.819. The Balaban J connectivity index is 1.78. The largest absolute Gasteiger partial charge is 0.497 e. The molecule has 1 aliphatic rings. The number of aromatic nitrogens is 1. The molecule has 5 nitrogen and oxygen atoms in total. The predicted molar refractivity (Wildman–Crippen MR) is 94.5 cm³/mol. The number of pyridine rings is 1. The maximum Gasteiger partial charge on any atom is 0.224 e. The van der Waals surface area contributed by atoms with Crippen LogP contribution in [0.25, 0.3) is 0 Å². The molecule has 27 heavy (non-hydrogen) atoms. The lowest BCUT2D eigenvalue weighted by atomic mass is 9.84. The second-order valence-corrected chi connectivity index (χ2v) is 6.71. The molecular formula is C20H20F2N2O3. The first kappa shape index (κ1) is 18.9. The Morgan fingerprint density at radius 3 is 2.59 bits per heavy atom. The smallest absolute Gasteiger partial charge is 0.224 e. The number of carbonyl (C=O) groups is 2. The number of carbonyl (C=O) groups excluding carboxylic acids is 2. The van der Waals surface area contributed by atoms with E-state index < -0.39 is 23.5 Å². The average molecular weight is 374 g/mol. The highest BCUT2D eigenvalue weighted by molar-refractivity contribution is 5.89.